The van der Waals surface area contributed by atoms with Gasteiger partial charge >= 0.3 is 0 Å². The lowest BCUT2D eigenvalue weighted by atomic mass is 10.1. The molecule has 0 saturated carbocycles. The summed E-state index contributed by atoms with van der Waals surface area (Å²) in [5.41, 5.74) is 0.806. The van der Waals surface area contributed by atoms with Crippen molar-refractivity contribution >= 4 is 22.6 Å². The van der Waals surface area contributed by atoms with Gasteiger partial charge in [-0.2, -0.15) is 0 Å². The molecule has 2 N–H and O–H groups in total. The zero-order chi connectivity index (χ0) is 19.7. The highest BCUT2D eigenvalue weighted by atomic mass is 19.3. The van der Waals surface area contributed by atoms with Crippen molar-refractivity contribution in [3.05, 3.63) is 58.8 Å². The zero-order valence-corrected chi connectivity index (χ0v) is 14.9. The predicted octanol–water partition coefficient (Wildman–Crippen LogP) is 2.00. The third kappa shape index (κ3) is 3.73. The van der Waals surface area contributed by atoms with E-state index < -0.39 is 13.0 Å². The Bertz CT molecular complexity index is 1060. The van der Waals surface area contributed by atoms with Crippen LogP contribution < -0.4 is 15.8 Å². The summed E-state index contributed by atoms with van der Waals surface area (Å²) in [6.07, 6.45) is 1.22. The number of benzene rings is 1. The third-order valence-electron chi connectivity index (χ3n) is 4.88. The number of H-pyrrole nitrogens is 1. The van der Waals surface area contributed by atoms with Crippen molar-refractivity contribution < 1.29 is 13.6 Å². The highest BCUT2D eigenvalue weighted by molar-refractivity contribution is 5.98. The van der Waals surface area contributed by atoms with Crippen LogP contribution in [0.3, 0.4) is 0 Å². The number of hydrogen-bond donors (Lipinski definition) is 2. The molecule has 0 spiro atoms. The number of nitrogens with one attached hydrogen (secondary N) is 2. The minimum Gasteiger partial charge on any atom is -0.354 e. The van der Waals surface area contributed by atoms with Crippen molar-refractivity contribution in [2.75, 3.05) is 18.0 Å². The number of alkyl halides is 2. The van der Waals surface area contributed by atoms with Gasteiger partial charge in [0, 0.05) is 42.5 Å². The topological polar surface area (TPSA) is 83.0 Å². The van der Waals surface area contributed by atoms with Crippen LogP contribution in [0, 0.1) is 0 Å². The van der Waals surface area contributed by atoms with E-state index in [0.29, 0.717) is 30.0 Å². The Labute approximate surface area is 159 Å². The van der Waals surface area contributed by atoms with E-state index in [1.54, 1.807) is 30.5 Å². The van der Waals surface area contributed by atoms with Gasteiger partial charge in [-0.3, -0.25) is 9.59 Å². The Hall–Kier alpha value is -3.23. The first-order valence-electron chi connectivity index (χ1n) is 8.97. The van der Waals surface area contributed by atoms with E-state index in [0.717, 1.165) is 11.8 Å². The maximum atomic E-state index is 12.7. The van der Waals surface area contributed by atoms with Gasteiger partial charge in [0.25, 0.3) is 17.9 Å². The smallest absolute Gasteiger partial charge is 0.256 e. The van der Waals surface area contributed by atoms with E-state index in [4.69, 9.17) is 0 Å². The van der Waals surface area contributed by atoms with Crippen LogP contribution >= 0.6 is 0 Å². The van der Waals surface area contributed by atoms with Crippen molar-refractivity contribution in [2.45, 2.75) is 25.4 Å². The van der Waals surface area contributed by atoms with Crippen LogP contribution in [0.25, 0.3) is 10.9 Å². The average molecular weight is 387 g/mol. The summed E-state index contributed by atoms with van der Waals surface area (Å²) in [5, 5.41) is 3.78. The summed E-state index contributed by atoms with van der Waals surface area (Å²) in [6.45, 7) is 0.819. The van der Waals surface area contributed by atoms with Crippen molar-refractivity contribution in [3.8, 4) is 0 Å². The molecule has 0 aliphatic carbocycles. The summed E-state index contributed by atoms with van der Waals surface area (Å²) in [4.78, 5) is 32.6. The lowest BCUT2D eigenvalue weighted by Crippen LogP contribution is -2.37. The van der Waals surface area contributed by atoms with Crippen LogP contribution in [-0.4, -0.2) is 46.0 Å². The first kappa shape index (κ1) is 18.1. The Morgan fingerprint density at radius 3 is 2.96 bits per heavy atom. The Kier molecular flexibility index (Phi) is 4.81. The van der Waals surface area contributed by atoms with Gasteiger partial charge in [-0.15, -0.1) is 0 Å². The van der Waals surface area contributed by atoms with Gasteiger partial charge in [0.15, 0.2) is 0 Å². The van der Waals surface area contributed by atoms with Crippen LogP contribution in [0.4, 0.5) is 14.6 Å². The molecule has 1 fully saturated rings. The van der Waals surface area contributed by atoms with Gasteiger partial charge in [0.1, 0.15) is 5.82 Å². The first-order valence-corrected chi connectivity index (χ1v) is 8.97. The maximum Gasteiger partial charge on any atom is 0.256 e. The fraction of sp³-hybridized carbons (Fsp3) is 0.316. The lowest BCUT2D eigenvalue weighted by molar-refractivity contribution is 0.0940. The number of aromatic nitrogens is 3. The third-order valence-corrected chi connectivity index (χ3v) is 4.88. The number of nitrogens with zero attached hydrogens (tertiary/aromatic N) is 3. The number of fused-ring (bicyclic) bond motifs is 1. The fourth-order valence-corrected chi connectivity index (χ4v) is 3.52. The number of anilines is 1. The molecule has 7 nitrogen and oxygen atoms in total. The minimum absolute atomic E-state index is 0.0860. The van der Waals surface area contributed by atoms with Gasteiger partial charge in [-0.05, 0) is 30.0 Å². The molecular formula is C19H19F2N5O2. The van der Waals surface area contributed by atoms with Gasteiger partial charge in [0.2, 0.25) is 0 Å². The standard InChI is InChI=1S/C19H19F2N5O2/c20-16(21)10-25-5-3-12-1-2-13(7-15(12)25)19(28)24-14-4-6-26(9-14)17-8-18(27)23-11-22-17/h1-3,5,7-8,11,14,16H,4,6,9-10H2,(H,24,28)(H,22,23,27). The lowest BCUT2D eigenvalue weighted by Gasteiger charge is -2.17. The minimum atomic E-state index is -2.46. The quantitative estimate of drug-likeness (QED) is 0.702. The molecule has 9 heteroatoms. The highest BCUT2D eigenvalue weighted by Crippen LogP contribution is 2.20. The molecule has 3 aromatic rings. The van der Waals surface area contributed by atoms with Crippen LogP contribution in [0.1, 0.15) is 16.8 Å². The fourth-order valence-electron chi connectivity index (χ4n) is 3.52. The average Bonchev–Trinajstić information content (AvgIpc) is 3.28. The van der Waals surface area contributed by atoms with Crippen LogP contribution in [0.2, 0.25) is 0 Å². The number of carbonyl (C=O) groups is 1. The monoisotopic (exact) mass is 387 g/mol. The number of halogens is 2. The van der Waals surface area contributed by atoms with Crippen molar-refractivity contribution in [3.63, 3.8) is 0 Å². The molecule has 0 radical (unpaired) electrons. The molecule has 1 saturated heterocycles. The Morgan fingerprint density at radius 1 is 1.32 bits per heavy atom. The summed E-state index contributed by atoms with van der Waals surface area (Å²) in [6, 6.07) is 8.18. The van der Waals surface area contributed by atoms with Crippen LogP contribution in [-0.2, 0) is 6.54 Å². The summed E-state index contributed by atoms with van der Waals surface area (Å²) in [7, 11) is 0. The van der Waals surface area contributed by atoms with E-state index in [1.165, 1.54) is 17.0 Å². The number of amides is 1. The van der Waals surface area contributed by atoms with Crippen LogP contribution in [0.5, 0.6) is 0 Å². The van der Waals surface area contributed by atoms with Gasteiger partial charge in [0.05, 0.1) is 12.9 Å². The summed E-state index contributed by atoms with van der Waals surface area (Å²) >= 11 is 0. The summed E-state index contributed by atoms with van der Waals surface area (Å²) < 4.78 is 26.9. The van der Waals surface area contributed by atoms with Gasteiger partial charge < -0.3 is 19.8 Å². The largest absolute Gasteiger partial charge is 0.354 e. The van der Waals surface area contributed by atoms with Gasteiger partial charge in [-0.25, -0.2) is 13.8 Å². The van der Waals surface area contributed by atoms with Crippen LogP contribution in [0.15, 0.2) is 47.7 Å². The molecule has 2 aromatic heterocycles. The molecule has 146 valence electrons. The van der Waals surface area contributed by atoms with Crippen molar-refractivity contribution in [1.82, 2.24) is 19.9 Å². The second kappa shape index (κ2) is 7.41. The number of aromatic amines is 1. The molecule has 4 rings (SSSR count). The van der Waals surface area contributed by atoms with Crippen molar-refractivity contribution in [1.29, 1.82) is 0 Å². The molecule has 1 aliphatic heterocycles. The zero-order valence-electron chi connectivity index (χ0n) is 14.9. The van der Waals surface area contributed by atoms with E-state index in [9.17, 15) is 18.4 Å². The SMILES string of the molecule is O=C(NC1CCN(c2cc(=O)[nH]cn2)C1)c1ccc2ccn(CC(F)F)c2c1. The summed E-state index contributed by atoms with van der Waals surface area (Å²) in [5.74, 6) is 0.323. The number of hydrogen-bond acceptors (Lipinski definition) is 4. The van der Waals surface area contributed by atoms with Gasteiger partial charge in [-0.1, -0.05) is 6.07 Å². The van der Waals surface area contributed by atoms with E-state index in [1.807, 2.05) is 4.90 Å². The molecule has 1 unspecified atom stereocenters. The maximum absolute atomic E-state index is 12.7. The Morgan fingerprint density at radius 2 is 2.18 bits per heavy atom. The molecule has 3 heterocycles. The molecule has 1 aliphatic rings. The Balaban J connectivity index is 1.46. The molecular weight excluding hydrogens is 368 g/mol. The second-order valence-electron chi connectivity index (χ2n) is 6.81. The van der Waals surface area contributed by atoms with Crippen molar-refractivity contribution in [2.24, 2.45) is 0 Å². The second-order valence-corrected chi connectivity index (χ2v) is 6.81. The molecule has 28 heavy (non-hydrogen) atoms. The number of rotatable bonds is 5. The molecule has 0 bridgehead atoms. The predicted molar refractivity (Wildman–Crippen MR) is 101 cm³/mol. The van der Waals surface area contributed by atoms with E-state index in [-0.39, 0.29) is 17.5 Å². The highest BCUT2D eigenvalue weighted by Gasteiger charge is 2.25. The van der Waals surface area contributed by atoms with E-state index >= 15 is 0 Å². The molecule has 1 aromatic carbocycles. The normalized spacial score (nSPS) is 16.8. The molecule has 1 atom stereocenters. The van der Waals surface area contributed by atoms with E-state index in [2.05, 4.69) is 15.3 Å². The molecule has 1 amide bonds. The first-order chi connectivity index (χ1) is 13.5. The number of carbonyl (C=O) groups excluding carboxylic acids is 1.